The Hall–Kier alpha value is -3.91. The van der Waals surface area contributed by atoms with Crippen molar-refractivity contribution in [2.75, 3.05) is 4.90 Å². The Bertz CT molecular complexity index is 1360. The van der Waals surface area contributed by atoms with Gasteiger partial charge in [-0.2, -0.15) is 0 Å². The van der Waals surface area contributed by atoms with Crippen LogP contribution in [0, 0.1) is 19.3 Å². The first-order valence-electron chi connectivity index (χ1n) is 10.9. The molecule has 0 saturated heterocycles. The van der Waals surface area contributed by atoms with E-state index in [0.29, 0.717) is 28.7 Å². The molecule has 0 aliphatic carbocycles. The summed E-state index contributed by atoms with van der Waals surface area (Å²) in [6.07, 6.45) is 4.46. The number of anilines is 1. The predicted molar refractivity (Wildman–Crippen MR) is 127 cm³/mol. The normalized spacial score (nSPS) is 15.2. The maximum atomic E-state index is 9.91. The lowest BCUT2D eigenvalue weighted by atomic mass is 10.0. The van der Waals surface area contributed by atoms with Gasteiger partial charge in [0.2, 0.25) is 0 Å². The van der Waals surface area contributed by atoms with Gasteiger partial charge in [0.15, 0.2) is 5.82 Å². The number of hydrogen-bond acceptors (Lipinski definition) is 6. The first-order chi connectivity index (χ1) is 16.0. The van der Waals surface area contributed by atoms with Crippen LogP contribution < -0.4 is 4.90 Å². The lowest BCUT2D eigenvalue weighted by Gasteiger charge is -2.26. The first-order valence-corrected chi connectivity index (χ1v) is 10.9. The molecule has 0 saturated carbocycles. The van der Waals surface area contributed by atoms with Crippen molar-refractivity contribution in [1.82, 2.24) is 24.7 Å². The zero-order valence-corrected chi connectivity index (χ0v) is 18.8. The van der Waals surface area contributed by atoms with E-state index in [-0.39, 0.29) is 12.6 Å². The van der Waals surface area contributed by atoms with Gasteiger partial charge in [-0.15, -0.1) is 10.2 Å². The molecular weight excluding hydrogens is 414 g/mol. The molecule has 1 aliphatic rings. The fourth-order valence-electron chi connectivity index (χ4n) is 4.47. The molecule has 8 heteroatoms. The highest BCUT2D eigenvalue weighted by Crippen LogP contribution is 2.39. The van der Waals surface area contributed by atoms with E-state index in [1.54, 1.807) is 6.33 Å². The van der Waals surface area contributed by atoms with E-state index in [1.165, 1.54) is 0 Å². The minimum atomic E-state index is -0.202. The number of aryl methyl sites for hydroxylation is 2. The molecular formula is C25H25N7O. The van der Waals surface area contributed by atoms with Crippen LogP contribution in [0.5, 0.6) is 0 Å². The van der Waals surface area contributed by atoms with Crippen LogP contribution in [0.2, 0.25) is 0 Å². The molecule has 0 bridgehead atoms. The van der Waals surface area contributed by atoms with Crippen molar-refractivity contribution in [2.24, 2.45) is 0 Å². The van der Waals surface area contributed by atoms with Crippen molar-refractivity contribution in [3.63, 3.8) is 0 Å². The summed E-state index contributed by atoms with van der Waals surface area (Å²) in [5, 5.41) is 27.6. The molecule has 5 rings (SSSR count). The standard InChI is InChI=1S/C25H25N7O/c1-4-22-17-7-5-6-8-18(17)24(26)32(22)25-15(2)11-20(29-30-25)19-9-10-23(21(13-33)28-19)31-12-16(3)27-14-31/h5-12,14,22,26,33H,4,13H2,1-3H3/t22-/m0/s1. The lowest BCUT2D eigenvalue weighted by molar-refractivity contribution is 0.276. The molecule has 1 aromatic carbocycles. The number of aliphatic hydroxyl groups excluding tert-OH is 1. The average molecular weight is 440 g/mol. The van der Waals surface area contributed by atoms with Crippen LogP contribution in [0.3, 0.4) is 0 Å². The second kappa shape index (κ2) is 8.22. The van der Waals surface area contributed by atoms with Crippen molar-refractivity contribution in [1.29, 1.82) is 5.41 Å². The first kappa shape index (κ1) is 21.0. The Morgan fingerprint density at radius 2 is 1.88 bits per heavy atom. The number of amidine groups is 1. The molecule has 1 aliphatic heterocycles. The number of imidazole rings is 1. The Morgan fingerprint density at radius 1 is 1.06 bits per heavy atom. The highest BCUT2D eigenvalue weighted by Gasteiger charge is 2.35. The van der Waals surface area contributed by atoms with Gasteiger partial charge < -0.3 is 14.6 Å². The molecule has 0 radical (unpaired) electrons. The number of nitrogens with zero attached hydrogens (tertiary/aromatic N) is 6. The summed E-state index contributed by atoms with van der Waals surface area (Å²) in [5.74, 6) is 1.13. The molecule has 166 valence electrons. The fraction of sp³-hybridized carbons (Fsp3) is 0.240. The molecule has 8 nitrogen and oxygen atoms in total. The Labute approximate surface area is 192 Å². The van der Waals surface area contributed by atoms with Gasteiger partial charge in [-0.1, -0.05) is 31.2 Å². The van der Waals surface area contributed by atoms with Crippen molar-refractivity contribution < 1.29 is 5.11 Å². The SMILES string of the molecule is CC[C@H]1c2ccccc2C(=N)N1c1nnc(-c2ccc(-n3cnc(C)c3)c(CO)n2)cc1C. The number of nitrogens with one attached hydrogen (secondary N) is 1. The number of benzene rings is 1. The molecule has 1 atom stereocenters. The van der Waals surface area contributed by atoms with Gasteiger partial charge in [-0.25, -0.2) is 9.97 Å². The molecule has 4 heterocycles. The van der Waals surface area contributed by atoms with E-state index in [9.17, 15) is 5.11 Å². The van der Waals surface area contributed by atoms with E-state index in [0.717, 1.165) is 34.5 Å². The maximum Gasteiger partial charge on any atom is 0.160 e. The third-order valence-corrected chi connectivity index (χ3v) is 6.05. The minimum Gasteiger partial charge on any atom is -0.390 e. The second-order valence-corrected chi connectivity index (χ2v) is 8.21. The Morgan fingerprint density at radius 3 is 2.58 bits per heavy atom. The van der Waals surface area contributed by atoms with Gasteiger partial charge in [0.1, 0.15) is 11.5 Å². The summed E-state index contributed by atoms with van der Waals surface area (Å²) in [4.78, 5) is 10.9. The largest absolute Gasteiger partial charge is 0.390 e. The third kappa shape index (κ3) is 3.48. The highest BCUT2D eigenvalue weighted by atomic mass is 16.3. The van der Waals surface area contributed by atoms with E-state index in [1.807, 2.05) is 65.9 Å². The number of pyridine rings is 1. The number of aliphatic hydroxyl groups is 1. The van der Waals surface area contributed by atoms with Gasteiger partial charge >= 0.3 is 0 Å². The minimum absolute atomic E-state index is 0.0598. The van der Waals surface area contributed by atoms with Gasteiger partial charge in [-0.3, -0.25) is 5.41 Å². The highest BCUT2D eigenvalue weighted by molar-refractivity contribution is 6.12. The van der Waals surface area contributed by atoms with Crippen LogP contribution in [-0.2, 0) is 6.61 Å². The van der Waals surface area contributed by atoms with E-state index in [4.69, 9.17) is 5.41 Å². The van der Waals surface area contributed by atoms with Crippen LogP contribution in [0.1, 0.15) is 47.5 Å². The predicted octanol–water partition coefficient (Wildman–Crippen LogP) is 4.13. The van der Waals surface area contributed by atoms with Gasteiger partial charge in [0.05, 0.1) is 41.7 Å². The van der Waals surface area contributed by atoms with E-state index < -0.39 is 0 Å². The summed E-state index contributed by atoms with van der Waals surface area (Å²) in [6.45, 7) is 5.81. The summed E-state index contributed by atoms with van der Waals surface area (Å²) in [6, 6.07) is 13.8. The zero-order chi connectivity index (χ0) is 23.1. The van der Waals surface area contributed by atoms with Crippen LogP contribution in [0.25, 0.3) is 17.1 Å². The quantitative estimate of drug-likeness (QED) is 0.485. The number of hydrogen-bond donors (Lipinski definition) is 2. The zero-order valence-electron chi connectivity index (χ0n) is 18.8. The summed E-state index contributed by atoms with van der Waals surface area (Å²) in [7, 11) is 0. The molecule has 33 heavy (non-hydrogen) atoms. The molecule has 2 N–H and O–H groups in total. The lowest BCUT2D eigenvalue weighted by Crippen LogP contribution is -2.29. The van der Waals surface area contributed by atoms with Gasteiger partial charge in [0.25, 0.3) is 0 Å². The Balaban J connectivity index is 1.51. The monoisotopic (exact) mass is 439 g/mol. The van der Waals surface area contributed by atoms with Crippen molar-refractivity contribution in [3.05, 3.63) is 83.1 Å². The van der Waals surface area contributed by atoms with Crippen LogP contribution >= 0.6 is 0 Å². The van der Waals surface area contributed by atoms with E-state index >= 15 is 0 Å². The van der Waals surface area contributed by atoms with Gasteiger partial charge in [0, 0.05) is 11.8 Å². The summed E-state index contributed by atoms with van der Waals surface area (Å²) in [5.41, 5.74) is 6.46. The van der Waals surface area contributed by atoms with Crippen LogP contribution in [-0.4, -0.2) is 35.7 Å². The van der Waals surface area contributed by atoms with Crippen molar-refractivity contribution in [3.8, 4) is 17.1 Å². The average Bonchev–Trinajstić information content (AvgIpc) is 3.39. The third-order valence-electron chi connectivity index (χ3n) is 6.05. The summed E-state index contributed by atoms with van der Waals surface area (Å²) < 4.78 is 1.85. The number of aromatic nitrogens is 5. The molecule has 0 spiro atoms. The number of fused-ring (bicyclic) bond motifs is 1. The second-order valence-electron chi connectivity index (χ2n) is 8.21. The smallest absolute Gasteiger partial charge is 0.160 e. The van der Waals surface area contributed by atoms with Crippen molar-refractivity contribution in [2.45, 2.75) is 39.8 Å². The number of rotatable bonds is 5. The van der Waals surface area contributed by atoms with Gasteiger partial charge in [-0.05, 0) is 49.6 Å². The van der Waals surface area contributed by atoms with E-state index in [2.05, 4.69) is 33.2 Å². The molecule has 4 aromatic rings. The molecule has 0 unspecified atom stereocenters. The molecule has 3 aromatic heterocycles. The maximum absolute atomic E-state index is 9.91. The topological polar surface area (TPSA) is 104 Å². The van der Waals surface area contributed by atoms with Crippen LogP contribution in [0.4, 0.5) is 5.82 Å². The fourth-order valence-corrected chi connectivity index (χ4v) is 4.47. The van der Waals surface area contributed by atoms with Crippen LogP contribution in [0.15, 0.2) is 55.0 Å². The summed E-state index contributed by atoms with van der Waals surface area (Å²) >= 11 is 0. The molecule has 0 fully saturated rings. The Kier molecular flexibility index (Phi) is 5.22. The van der Waals surface area contributed by atoms with Crippen molar-refractivity contribution >= 4 is 11.7 Å². The molecule has 0 amide bonds.